The van der Waals surface area contributed by atoms with Gasteiger partial charge in [-0.25, -0.2) is 0 Å². The van der Waals surface area contributed by atoms with E-state index in [0.717, 1.165) is 4.47 Å². The molecule has 1 aromatic carbocycles. The number of benzene rings is 1. The van der Waals surface area contributed by atoms with Crippen LogP contribution in [0.5, 0.6) is 0 Å². The number of hydrogen-bond acceptors (Lipinski definition) is 2. The van der Waals surface area contributed by atoms with E-state index in [4.69, 9.17) is 10.2 Å². The van der Waals surface area contributed by atoms with Gasteiger partial charge in [0.15, 0.2) is 5.92 Å². The molecule has 15 heavy (non-hydrogen) atoms. The fraction of sp³-hybridized carbons (Fsp3) is 0.200. The number of hydrogen-bond donors (Lipinski definition) is 2. The van der Waals surface area contributed by atoms with Gasteiger partial charge in [-0.15, -0.1) is 0 Å². The molecule has 1 aromatic rings. The smallest absolute Gasteiger partial charge is 0.318 e. The van der Waals surface area contributed by atoms with Gasteiger partial charge in [-0.1, -0.05) is 28.1 Å². The van der Waals surface area contributed by atoms with Crippen LogP contribution in [0.1, 0.15) is 5.56 Å². The Hall–Kier alpha value is -1.36. The molecule has 0 bridgehead atoms. The Morgan fingerprint density at radius 3 is 2.33 bits per heavy atom. The van der Waals surface area contributed by atoms with Crippen molar-refractivity contribution in [3.8, 4) is 0 Å². The maximum Gasteiger partial charge on any atom is 0.318 e. The molecule has 0 radical (unpaired) electrons. The first-order chi connectivity index (χ1) is 7.00. The minimum Gasteiger partial charge on any atom is -0.481 e. The summed E-state index contributed by atoms with van der Waals surface area (Å²) in [7, 11) is 0. The topological polar surface area (TPSA) is 74.6 Å². The molecule has 5 heteroatoms. The normalized spacial score (nSPS) is 10.3. The van der Waals surface area contributed by atoms with E-state index in [-0.39, 0.29) is 6.42 Å². The predicted octanol–water partition coefficient (Wildman–Crippen LogP) is 1.78. The van der Waals surface area contributed by atoms with E-state index in [9.17, 15) is 9.59 Å². The molecule has 0 saturated carbocycles. The summed E-state index contributed by atoms with van der Waals surface area (Å²) >= 11 is 3.23. The monoisotopic (exact) mass is 272 g/mol. The molecule has 0 heterocycles. The van der Waals surface area contributed by atoms with Crippen LogP contribution in [0.25, 0.3) is 0 Å². The first-order valence-corrected chi connectivity index (χ1v) is 5.00. The summed E-state index contributed by atoms with van der Waals surface area (Å²) in [5.41, 5.74) is 0.680. The van der Waals surface area contributed by atoms with Crippen LogP contribution in [0.4, 0.5) is 0 Å². The minimum absolute atomic E-state index is 0.00981. The third-order valence-electron chi connectivity index (χ3n) is 1.93. The molecule has 0 atom stereocenters. The number of halogens is 1. The fourth-order valence-corrected chi connectivity index (χ4v) is 1.63. The van der Waals surface area contributed by atoms with Crippen molar-refractivity contribution in [2.75, 3.05) is 0 Å². The Morgan fingerprint density at radius 2 is 1.87 bits per heavy atom. The zero-order chi connectivity index (χ0) is 11.4. The molecule has 0 aliphatic heterocycles. The molecule has 2 N–H and O–H groups in total. The highest BCUT2D eigenvalue weighted by molar-refractivity contribution is 9.10. The van der Waals surface area contributed by atoms with E-state index in [2.05, 4.69) is 15.9 Å². The molecule has 0 aromatic heterocycles. The third kappa shape index (κ3) is 3.36. The molecule has 1 rings (SSSR count). The Labute approximate surface area is 94.7 Å². The lowest BCUT2D eigenvalue weighted by molar-refractivity contribution is -0.154. The number of carbonyl (C=O) groups is 2. The van der Waals surface area contributed by atoms with Gasteiger partial charge in [0.2, 0.25) is 0 Å². The van der Waals surface area contributed by atoms with Crippen molar-refractivity contribution in [1.29, 1.82) is 0 Å². The zero-order valence-electron chi connectivity index (χ0n) is 7.68. The summed E-state index contributed by atoms with van der Waals surface area (Å²) < 4.78 is 0.800. The van der Waals surface area contributed by atoms with Crippen LogP contribution in [-0.4, -0.2) is 22.2 Å². The molecule has 0 unspecified atom stereocenters. The highest BCUT2D eigenvalue weighted by Gasteiger charge is 2.25. The molecule has 0 aliphatic rings. The van der Waals surface area contributed by atoms with Crippen LogP contribution in [0.15, 0.2) is 28.7 Å². The standard InChI is InChI=1S/C10H9BrO4/c11-7-3-1-2-6(4-7)5-8(9(12)13)10(14)15/h1-4,8H,5H2,(H,12,13)(H,14,15). The second-order valence-corrected chi connectivity index (χ2v) is 3.98. The number of rotatable bonds is 4. The van der Waals surface area contributed by atoms with Crippen LogP contribution in [0.3, 0.4) is 0 Å². The average molecular weight is 273 g/mol. The lowest BCUT2D eigenvalue weighted by Gasteiger charge is -2.07. The van der Waals surface area contributed by atoms with Gasteiger partial charge in [-0.3, -0.25) is 9.59 Å². The number of carboxylic acid groups (broad SMARTS) is 2. The molecular formula is C10H9BrO4. The second-order valence-electron chi connectivity index (χ2n) is 3.06. The van der Waals surface area contributed by atoms with Crippen molar-refractivity contribution in [2.24, 2.45) is 5.92 Å². The summed E-state index contributed by atoms with van der Waals surface area (Å²) in [4.78, 5) is 21.3. The van der Waals surface area contributed by atoms with Crippen molar-refractivity contribution in [3.05, 3.63) is 34.3 Å². The number of carboxylic acids is 2. The van der Waals surface area contributed by atoms with Gasteiger partial charge in [0.25, 0.3) is 0 Å². The molecule has 0 saturated heterocycles. The van der Waals surface area contributed by atoms with Crippen molar-refractivity contribution in [1.82, 2.24) is 0 Å². The van der Waals surface area contributed by atoms with Crippen LogP contribution >= 0.6 is 15.9 Å². The summed E-state index contributed by atoms with van der Waals surface area (Å²) in [6.45, 7) is 0. The van der Waals surface area contributed by atoms with E-state index in [1.807, 2.05) is 0 Å². The lowest BCUT2D eigenvalue weighted by atomic mass is 10.00. The molecule has 0 amide bonds. The molecule has 4 nitrogen and oxygen atoms in total. The number of aliphatic carboxylic acids is 2. The second kappa shape index (κ2) is 4.93. The van der Waals surface area contributed by atoms with Crippen molar-refractivity contribution < 1.29 is 19.8 Å². The quantitative estimate of drug-likeness (QED) is 0.820. The lowest BCUT2D eigenvalue weighted by Crippen LogP contribution is -2.25. The van der Waals surface area contributed by atoms with Crippen molar-refractivity contribution >= 4 is 27.9 Å². The fourth-order valence-electron chi connectivity index (χ4n) is 1.18. The van der Waals surface area contributed by atoms with Crippen LogP contribution in [0.2, 0.25) is 0 Å². The van der Waals surface area contributed by atoms with E-state index in [0.29, 0.717) is 5.56 Å². The van der Waals surface area contributed by atoms with Crippen LogP contribution in [-0.2, 0) is 16.0 Å². The van der Waals surface area contributed by atoms with Gasteiger partial charge in [0.1, 0.15) is 0 Å². The van der Waals surface area contributed by atoms with Crippen LogP contribution in [0, 0.1) is 5.92 Å². The van der Waals surface area contributed by atoms with Gasteiger partial charge in [-0.05, 0) is 24.1 Å². The summed E-state index contributed by atoms with van der Waals surface area (Å²) in [5, 5.41) is 17.4. The highest BCUT2D eigenvalue weighted by atomic mass is 79.9. The van der Waals surface area contributed by atoms with Gasteiger partial charge in [0, 0.05) is 4.47 Å². The first-order valence-electron chi connectivity index (χ1n) is 4.20. The van der Waals surface area contributed by atoms with Gasteiger partial charge in [-0.2, -0.15) is 0 Å². The predicted molar refractivity (Wildman–Crippen MR) is 56.6 cm³/mol. The van der Waals surface area contributed by atoms with Gasteiger partial charge in [0.05, 0.1) is 0 Å². The maximum absolute atomic E-state index is 10.6. The van der Waals surface area contributed by atoms with E-state index >= 15 is 0 Å². The van der Waals surface area contributed by atoms with Crippen LogP contribution < -0.4 is 0 Å². The van der Waals surface area contributed by atoms with Crippen molar-refractivity contribution in [2.45, 2.75) is 6.42 Å². The van der Waals surface area contributed by atoms with Crippen molar-refractivity contribution in [3.63, 3.8) is 0 Å². The Bertz CT molecular complexity index is 375. The van der Waals surface area contributed by atoms with Gasteiger partial charge < -0.3 is 10.2 Å². The molecule has 80 valence electrons. The Morgan fingerprint density at radius 1 is 1.27 bits per heavy atom. The summed E-state index contributed by atoms with van der Waals surface area (Å²) in [6.07, 6.45) is -0.00981. The van der Waals surface area contributed by atoms with E-state index in [1.54, 1.807) is 24.3 Å². The minimum atomic E-state index is -1.39. The van der Waals surface area contributed by atoms with Gasteiger partial charge >= 0.3 is 11.9 Å². The zero-order valence-corrected chi connectivity index (χ0v) is 9.27. The van der Waals surface area contributed by atoms with E-state index in [1.165, 1.54) is 0 Å². The molecular weight excluding hydrogens is 264 g/mol. The summed E-state index contributed by atoms with van der Waals surface area (Å²) in [6, 6.07) is 6.93. The summed E-state index contributed by atoms with van der Waals surface area (Å²) in [5.74, 6) is -4.02. The largest absolute Gasteiger partial charge is 0.481 e. The first kappa shape index (κ1) is 11.7. The SMILES string of the molecule is O=C(O)C(Cc1cccc(Br)c1)C(=O)O. The molecule has 0 aliphatic carbocycles. The highest BCUT2D eigenvalue weighted by Crippen LogP contribution is 2.15. The Kier molecular flexibility index (Phi) is 3.85. The third-order valence-corrected chi connectivity index (χ3v) is 2.42. The molecule has 0 fully saturated rings. The van der Waals surface area contributed by atoms with E-state index < -0.39 is 17.9 Å². The molecule has 0 spiro atoms. The average Bonchev–Trinajstić information content (AvgIpc) is 2.13. The maximum atomic E-state index is 10.6. The Balaban J connectivity index is 2.83.